The fourth-order valence-corrected chi connectivity index (χ4v) is 9.58. The Kier molecular flexibility index (Phi) is 5.92. The van der Waals surface area contributed by atoms with Crippen LogP contribution in [0.4, 0.5) is 5.69 Å². The van der Waals surface area contributed by atoms with Crippen molar-refractivity contribution in [2.24, 2.45) is 28.9 Å². The highest BCUT2D eigenvalue weighted by molar-refractivity contribution is 8.23. The maximum absolute atomic E-state index is 13.2. The Labute approximate surface area is 217 Å². The van der Waals surface area contributed by atoms with E-state index >= 15 is 0 Å². The zero-order chi connectivity index (χ0) is 25.2. The summed E-state index contributed by atoms with van der Waals surface area (Å²) in [6.45, 7) is 0.794. The first-order valence-corrected chi connectivity index (χ1v) is 14.6. The lowest BCUT2D eigenvalue weighted by molar-refractivity contribution is -0.147. The van der Waals surface area contributed by atoms with Crippen LogP contribution in [0.5, 0.6) is 0 Å². The van der Waals surface area contributed by atoms with Crippen LogP contribution in [0, 0.1) is 23.2 Å². The molecule has 1 saturated heterocycles. The second kappa shape index (κ2) is 8.77. The Hall–Kier alpha value is -2.04. The van der Waals surface area contributed by atoms with Gasteiger partial charge >= 0.3 is 0 Å². The van der Waals surface area contributed by atoms with Gasteiger partial charge in [0.1, 0.15) is 0 Å². The summed E-state index contributed by atoms with van der Waals surface area (Å²) in [6, 6.07) is 11.2. The summed E-state index contributed by atoms with van der Waals surface area (Å²) in [5, 5.41) is 5.51. The summed E-state index contributed by atoms with van der Waals surface area (Å²) in [7, 11) is -3.40. The van der Waals surface area contributed by atoms with E-state index in [0.29, 0.717) is 36.1 Å². The maximum atomic E-state index is 13.2. The van der Waals surface area contributed by atoms with E-state index in [1.807, 2.05) is 30.3 Å². The van der Waals surface area contributed by atoms with Gasteiger partial charge in [-0.15, -0.1) is 0 Å². The molecule has 8 nitrogen and oxygen atoms in total. The number of fused-ring (bicyclic) bond motifs is 1. The standard InChI is InChI=1S/C26H33ClN4O4S/c27-21-6-7-22(20-5-2-1-4-19(20)21)31-9-3-8-30(36(31,34)35)15-23(32)29-24-17-10-16-11-18(24)14-26(12-16,13-17)25(28)33/h1-2,4-7,16-18,24,34-35H,3,8-15H2,(H2,28,33)(H,29,32). The van der Waals surface area contributed by atoms with Crippen molar-refractivity contribution in [2.75, 3.05) is 23.9 Å². The van der Waals surface area contributed by atoms with Crippen molar-refractivity contribution in [2.45, 2.75) is 44.6 Å². The van der Waals surface area contributed by atoms with E-state index in [9.17, 15) is 18.7 Å². The van der Waals surface area contributed by atoms with Gasteiger partial charge < -0.3 is 11.1 Å². The van der Waals surface area contributed by atoms with Gasteiger partial charge in [0.25, 0.3) is 0 Å². The minimum atomic E-state index is -3.40. The van der Waals surface area contributed by atoms with E-state index in [1.54, 1.807) is 10.4 Å². The summed E-state index contributed by atoms with van der Waals surface area (Å²) in [5.41, 5.74) is 6.09. The van der Waals surface area contributed by atoms with E-state index < -0.39 is 16.4 Å². The molecule has 1 aliphatic heterocycles. The van der Waals surface area contributed by atoms with Crippen molar-refractivity contribution in [1.82, 2.24) is 9.62 Å². The zero-order valence-electron chi connectivity index (χ0n) is 20.1. The molecule has 2 amide bonds. The minimum absolute atomic E-state index is 0.0180. The lowest BCUT2D eigenvalue weighted by Crippen LogP contribution is -2.62. The van der Waals surface area contributed by atoms with Gasteiger partial charge in [0.2, 0.25) is 11.8 Å². The topological polar surface area (TPSA) is 119 Å². The monoisotopic (exact) mass is 532 g/mol. The smallest absolute Gasteiger partial charge is 0.236 e. The summed E-state index contributed by atoms with van der Waals surface area (Å²) in [5.74, 6) is 0.629. The Morgan fingerprint density at radius 2 is 1.75 bits per heavy atom. The molecule has 2 atom stereocenters. The van der Waals surface area contributed by atoms with Crippen molar-refractivity contribution < 1.29 is 18.7 Å². The van der Waals surface area contributed by atoms with Crippen LogP contribution in [0.2, 0.25) is 5.02 Å². The summed E-state index contributed by atoms with van der Waals surface area (Å²) < 4.78 is 25.8. The summed E-state index contributed by atoms with van der Waals surface area (Å²) >= 11 is 6.38. The van der Waals surface area contributed by atoms with Gasteiger partial charge in [-0.05, 0) is 79.4 Å². The molecule has 5 aliphatic rings. The molecular formula is C26H33ClN4O4S. The molecule has 5 N–H and O–H groups in total. The molecule has 5 fully saturated rings. The van der Waals surface area contributed by atoms with Crippen LogP contribution >= 0.6 is 22.6 Å². The highest BCUT2D eigenvalue weighted by atomic mass is 35.5. The third-order valence-corrected chi connectivity index (χ3v) is 11.3. The third kappa shape index (κ3) is 3.87. The Morgan fingerprint density at radius 3 is 2.44 bits per heavy atom. The van der Waals surface area contributed by atoms with Crippen LogP contribution in [0.25, 0.3) is 10.8 Å². The molecule has 0 spiro atoms. The number of nitrogens with one attached hydrogen (secondary N) is 1. The van der Waals surface area contributed by atoms with Crippen molar-refractivity contribution in [1.29, 1.82) is 0 Å². The molecule has 0 radical (unpaired) electrons. The van der Waals surface area contributed by atoms with Crippen LogP contribution in [-0.4, -0.2) is 50.9 Å². The van der Waals surface area contributed by atoms with Gasteiger partial charge in [-0.3, -0.25) is 23.0 Å². The van der Waals surface area contributed by atoms with Gasteiger partial charge in [-0.1, -0.05) is 35.9 Å². The highest BCUT2D eigenvalue weighted by Crippen LogP contribution is 2.60. The zero-order valence-corrected chi connectivity index (χ0v) is 21.7. The number of rotatable bonds is 5. The minimum Gasteiger partial charge on any atom is -0.369 e. The predicted octanol–water partition coefficient (Wildman–Crippen LogP) is 4.38. The second-order valence-corrected chi connectivity index (χ2v) is 13.5. The molecule has 2 aromatic rings. The van der Waals surface area contributed by atoms with E-state index in [4.69, 9.17) is 17.3 Å². The maximum Gasteiger partial charge on any atom is 0.236 e. The summed E-state index contributed by atoms with van der Waals surface area (Å²) in [4.78, 5) is 25.4. The summed E-state index contributed by atoms with van der Waals surface area (Å²) in [6.07, 6.45) is 5.12. The number of carbonyl (C=O) groups excluding carboxylic acids is 2. The Bertz CT molecular complexity index is 1210. The average molecular weight is 533 g/mol. The molecule has 1 heterocycles. The Balaban J connectivity index is 1.18. The number of anilines is 1. The fourth-order valence-electron chi connectivity index (χ4n) is 7.61. The van der Waals surface area contributed by atoms with Gasteiger partial charge in [0, 0.05) is 40.3 Å². The SMILES string of the molecule is NC(=O)C12CC3CC(C1)C(NC(=O)CN1CCCN(c4ccc(Cl)c5ccccc45)S1(O)O)C(C3)C2. The van der Waals surface area contributed by atoms with Gasteiger partial charge in [-0.2, -0.15) is 4.31 Å². The van der Waals surface area contributed by atoms with E-state index in [-0.39, 0.29) is 36.2 Å². The van der Waals surface area contributed by atoms with Crippen LogP contribution in [0.1, 0.15) is 38.5 Å². The molecule has 7 rings (SSSR count). The number of primary amides is 1. The highest BCUT2D eigenvalue weighted by Gasteiger charge is 2.58. The number of hydrogen-bond donors (Lipinski definition) is 4. The molecule has 36 heavy (non-hydrogen) atoms. The largest absolute Gasteiger partial charge is 0.369 e. The van der Waals surface area contributed by atoms with Gasteiger partial charge in [0.15, 0.2) is 0 Å². The molecule has 2 aromatic carbocycles. The predicted molar refractivity (Wildman–Crippen MR) is 142 cm³/mol. The van der Waals surface area contributed by atoms with E-state index in [2.05, 4.69) is 5.32 Å². The number of nitrogens with zero attached hydrogens (tertiary/aromatic N) is 2. The fraction of sp³-hybridized carbons (Fsp3) is 0.538. The molecule has 10 heteroatoms. The second-order valence-electron chi connectivity index (χ2n) is 11.1. The number of carbonyl (C=O) groups is 2. The van der Waals surface area contributed by atoms with Crippen molar-refractivity contribution >= 4 is 50.8 Å². The van der Waals surface area contributed by atoms with Crippen LogP contribution < -0.4 is 15.4 Å². The first-order valence-electron chi connectivity index (χ1n) is 12.8. The average Bonchev–Trinajstić information content (AvgIpc) is 2.83. The Morgan fingerprint density at radius 1 is 1.06 bits per heavy atom. The first kappa shape index (κ1) is 24.3. The first-order chi connectivity index (χ1) is 17.2. The number of hydrogen-bond acceptors (Lipinski definition) is 6. The van der Waals surface area contributed by atoms with Gasteiger partial charge in [-0.25, -0.2) is 0 Å². The van der Waals surface area contributed by atoms with Crippen LogP contribution in [0.15, 0.2) is 36.4 Å². The number of benzene rings is 2. The van der Waals surface area contributed by atoms with Crippen LogP contribution in [0.3, 0.4) is 0 Å². The van der Waals surface area contributed by atoms with Crippen molar-refractivity contribution in [3.05, 3.63) is 41.4 Å². The molecule has 194 valence electrons. The van der Waals surface area contributed by atoms with Crippen molar-refractivity contribution in [3.63, 3.8) is 0 Å². The van der Waals surface area contributed by atoms with E-state index in [0.717, 1.165) is 42.9 Å². The van der Waals surface area contributed by atoms with Crippen molar-refractivity contribution in [3.8, 4) is 0 Å². The molecule has 4 aliphatic carbocycles. The number of amides is 2. The van der Waals surface area contributed by atoms with Gasteiger partial charge in [0.05, 0.1) is 12.2 Å². The molecule has 2 unspecified atom stereocenters. The molecule has 0 aromatic heterocycles. The normalized spacial score (nSPS) is 34.0. The number of halogens is 1. The third-order valence-electron chi connectivity index (χ3n) is 8.97. The molecular weight excluding hydrogens is 500 g/mol. The lowest BCUT2D eigenvalue weighted by atomic mass is 9.47. The lowest BCUT2D eigenvalue weighted by Gasteiger charge is -2.59. The van der Waals surface area contributed by atoms with E-state index in [1.165, 1.54) is 4.31 Å². The number of nitrogens with two attached hydrogens (primary N) is 1. The quantitative estimate of drug-likeness (QED) is 0.453. The molecule has 4 saturated carbocycles. The van der Waals surface area contributed by atoms with Crippen LogP contribution in [-0.2, 0) is 9.59 Å². The molecule has 4 bridgehead atoms.